The third-order valence-electron chi connectivity index (χ3n) is 2.67. The predicted molar refractivity (Wildman–Crippen MR) is 68.9 cm³/mol. The molecule has 0 N–H and O–H groups in total. The third-order valence-corrected chi connectivity index (χ3v) is 3.61. The molecule has 0 aliphatic carbocycles. The molecule has 2 amide bonds. The summed E-state index contributed by atoms with van der Waals surface area (Å²) >= 11 is 1.55. The fourth-order valence-corrected chi connectivity index (χ4v) is 2.51. The molecular weight excluding hydrogens is 236 g/mol. The molecule has 1 fully saturated rings. The average molecular weight is 250 g/mol. The van der Waals surface area contributed by atoms with Crippen molar-refractivity contribution < 1.29 is 9.59 Å². The first-order valence-corrected chi connectivity index (χ1v) is 6.51. The number of amides is 2. The molecule has 17 heavy (non-hydrogen) atoms. The van der Waals surface area contributed by atoms with E-state index in [0.717, 1.165) is 5.69 Å². The van der Waals surface area contributed by atoms with Gasteiger partial charge in [-0.25, -0.2) is 0 Å². The zero-order chi connectivity index (χ0) is 12.3. The largest absolute Gasteiger partial charge is 0.323 e. The lowest BCUT2D eigenvalue weighted by molar-refractivity contribution is -0.131. The van der Waals surface area contributed by atoms with Crippen LogP contribution in [-0.4, -0.2) is 41.9 Å². The van der Waals surface area contributed by atoms with E-state index in [-0.39, 0.29) is 18.4 Å². The Bertz CT molecular complexity index is 422. The molecule has 1 aliphatic rings. The van der Waals surface area contributed by atoms with Crippen LogP contribution < -0.4 is 4.90 Å². The van der Waals surface area contributed by atoms with Crippen molar-refractivity contribution in [3.63, 3.8) is 0 Å². The molecule has 0 aromatic heterocycles. The molecule has 0 atom stereocenters. The molecule has 0 unspecified atom stereocenters. The first kappa shape index (κ1) is 12.0. The predicted octanol–water partition coefficient (Wildman–Crippen LogP) is 1.18. The van der Waals surface area contributed by atoms with Crippen LogP contribution in [0, 0.1) is 0 Å². The van der Waals surface area contributed by atoms with Crippen LogP contribution in [0.25, 0.3) is 0 Å². The SMILES string of the molecule is CN(C(=O)CN1CSCC1=O)c1ccccc1. The summed E-state index contributed by atoms with van der Waals surface area (Å²) < 4.78 is 0. The number of hydrogen-bond donors (Lipinski definition) is 0. The number of nitrogens with zero attached hydrogens (tertiary/aromatic N) is 2. The first-order chi connectivity index (χ1) is 8.18. The van der Waals surface area contributed by atoms with Gasteiger partial charge in [0.15, 0.2) is 0 Å². The maximum Gasteiger partial charge on any atom is 0.246 e. The lowest BCUT2D eigenvalue weighted by Crippen LogP contribution is -2.39. The van der Waals surface area contributed by atoms with E-state index in [1.54, 1.807) is 28.6 Å². The van der Waals surface area contributed by atoms with Crippen molar-refractivity contribution in [1.29, 1.82) is 0 Å². The van der Waals surface area contributed by atoms with Crippen LogP contribution in [0.15, 0.2) is 30.3 Å². The van der Waals surface area contributed by atoms with Gasteiger partial charge in [-0.1, -0.05) is 18.2 Å². The molecule has 0 radical (unpaired) electrons. The molecule has 1 aromatic rings. The van der Waals surface area contributed by atoms with Gasteiger partial charge in [-0.15, -0.1) is 11.8 Å². The third kappa shape index (κ3) is 2.79. The Hall–Kier alpha value is -1.49. The van der Waals surface area contributed by atoms with E-state index >= 15 is 0 Å². The van der Waals surface area contributed by atoms with E-state index in [1.807, 2.05) is 30.3 Å². The standard InChI is InChI=1S/C12H14N2O2S/c1-13(10-5-3-2-4-6-10)11(15)7-14-9-17-8-12(14)16/h2-6H,7-9H2,1H3. The topological polar surface area (TPSA) is 40.6 Å². The summed E-state index contributed by atoms with van der Waals surface area (Å²) in [5, 5.41) is 0. The molecule has 4 nitrogen and oxygen atoms in total. The van der Waals surface area contributed by atoms with Gasteiger partial charge in [0.2, 0.25) is 11.8 Å². The monoisotopic (exact) mass is 250 g/mol. The lowest BCUT2D eigenvalue weighted by atomic mass is 10.3. The summed E-state index contributed by atoms with van der Waals surface area (Å²) in [5.41, 5.74) is 0.844. The second-order valence-corrected chi connectivity index (χ2v) is 4.81. The van der Waals surface area contributed by atoms with E-state index in [0.29, 0.717) is 11.6 Å². The van der Waals surface area contributed by atoms with Gasteiger partial charge in [0.1, 0.15) is 6.54 Å². The second-order valence-electron chi connectivity index (χ2n) is 3.86. The fourth-order valence-electron chi connectivity index (χ4n) is 1.61. The molecular formula is C12H14N2O2S. The minimum Gasteiger partial charge on any atom is -0.323 e. The maximum atomic E-state index is 12.0. The number of benzene rings is 1. The fraction of sp³-hybridized carbons (Fsp3) is 0.333. The summed E-state index contributed by atoms with van der Waals surface area (Å²) in [6, 6.07) is 9.42. The quantitative estimate of drug-likeness (QED) is 0.809. The Morgan fingerprint density at radius 2 is 2.12 bits per heavy atom. The van der Waals surface area contributed by atoms with Crippen LogP contribution >= 0.6 is 11.8 Å². The van der Waals surface area contributed by atoms with Crippen molar-refractivity contribution >= 4 is 29.3 Å². The van der Waals surface area contributed by atoms with Crippen LogP contribution in [0.4, 0.5) is 5.69 Å². The smallest absolute Gasteiger partial charge is 0.246 e. The Balaban J connectivity index is 1.98. The summed E-state index contributed by atoms with van der Waals surface area (Å²) in [7, 11) is 1.73. The van der Waals surface area contributed by atoms with Crippen LogP contribution in [0.1, 0.15) is 0 Å². The second kappa shape index (κ2) is 5.23. The maximum absolute atomic E-state index is 12.0. The number of likely N-dealkylation sites (N-methyl/N-ethyl adjacent to an activating group) is 1. The zero-order valence-corrected chi connectivity index (χ0v) is 10.4. The van der Waals surface area contributed by atoms with Crippen molar-refractivity contribution in [1.82, 2.24) is 4.90 Å². The molecule has 1 aliphatic heterocycles. The number of hydrogen-bond acceptors (Lipinski definition) is 3. The normalized spacial score (nSPS) is 15.1. The minimum absolute atomic E-state index is 0.0461. The van der Waals surface area contributed by atoms with E-state index < -0.39 is 0 Å². The number of thioether (sulfide) groups is 1. The molecule has 1 heterocycles. The van der Waals surface area contributed by atoms with Crippen molar-refractivity contribution in [2.24, 2.45) is 0 Å². The molecule has 2 rings (SSSR count). The van der Waals surface area contributed by atoms with Crippen LogP contribution in [0.5, 0.6) is 0 Å². The van der Waals surface area contributed by atoms with E-state index in [1.165, 1.54) is 0 Å². The van der Waals surface area contributed by atoms with Crippen LogP contribution in [-0.2, 0) is 9.59 Å². The molecule has 90 valence electrons. The molecule has 1 aromatic carbocycles. The molecule has 0 bridgehead atoms. The summed E-state index contributed by atoms with van der Waals surface area (Å²) in [6.45, 7) is 0.164. The van der Waals surface area contributed by atoms with Crippen LogP contribution in [0.3, 0.4) is 0 Å². The highest BCUT2D eigenvalue weighted by atomic mass is 32.2. The van der Waals surface area contributed by atoms with Gasteiger partial charge < -0.3 is 9.80 Å². The van der Waals surface area contributed by atoms with Gasteiger partial charge in [0.25, 0.3) is 0 Å². The van der Waals surface area contributed by atoms with Crippen LogP contribution in [0.2, 0.25) is 0 Å². The average Bonchev–Trinajstić information content (AvgIpc) is 2.75. The van der Waals surface area contributed by atoms with Crippen molar-refractivity contribution in [3.8, 4) is 0 Å². The highest BCUT2D eigenvalue weighted by Crippen LogP contribution is 2.16. The van der Waals surface area contributed by atoms with Crippen molar-refractivity contribution in [2.45, 2.75) is 0 Å². The Morgan fingerprint density at radius 3 is 2.71 bits per heavy atom. The Morgan fingerprint density at radius 1 is 1.41 bits per heavy atom. The Labute approximate surface area is 105 Å². The van der Waals surface area contributed by atoms with Crippen molar-refractivity contribution in [2.75, 3.05) is 30.1 Å². The van der Waals surface area contributed by atoms with Gasteiger partial charge in [-0.2, -0.15) is 0 Å². The highest BCUT2D eigenvalue weighted by Gasteiger charge is 2.24. The van der Waals surface area contributed by atoms with E-state index in [9.17, 15) is 9.59 Å². The summed E-state index contributed by atoms with van der Waals surface area (Å²) in [6.07, 6.45) is 0. The van der Waals surface area contributed by atoms with Gasteiger partial charge in [-0.3, -0.25) is 9.59 Å². The highest BCUT2D eigenvalue weighted by molar-refractivity contribution is 8.00. The molecule has 0 saturated carbocycles. The summed E-state index contributed by atoms with van der Waals surface area (Å²) in [5.74, 6) is 1.09. The minimum atomic E-state index is -0.0629. The molecule has 1 saturated heterocycles. The number of rotatable bonds is 3. The molecule has 5 heteroatoms. The van der Waals surface area contributed by atoms with E-state index in [4.69, 9.17) is 0 Å². The molecule has 0 spiro atoms. The van der Waals surface area contributed by atoms with Gasteiger partial charge >= 0.3 is 0 Å². The number of anilines is 1. The number of carbonyl (C=O) groups is 2. The summed E-state index contributed by atoms with van der Waals surface area (Å²) in [4.78, 5) is 26.5. The van der Waals surface area contributed by atoms with Crippen molar-refractivity contribution in [3.05, 3.63) is 30.3 Å². The van der Waals surface area contributed by atoms with E-state index in [2.05, 4.69) is 0 Å². The van der Waals surface area contributed by atoms with Gasteiger partial charge in [0, 0.05) is 12.7 Å². The van der Waals surface area contributed by atoms with Gasteiger partial charge in [0.05, 0.1) is 11.6 Å². The van der Waals surface area contributed by atoms with Gasteiger partial charge in [-0.05, 0) is 12.1 Å². The number of carbonyl (C=O) groups excluding carboxylic acids is 2. The zero-order valence-electron chi connectivity index (χ0n) is 9.63. The first-order valence-electron chi connectivity index (χ1n) is 5.35. The number of para-hydroxylation sites is 1. The lowest BCUT2D eigenvalue weighted by Gasteiger charge is -2.21. The Kier molecular flexibility index (Phi) is 3.68.